The van der Waals surface area contributed by atoms with Crippen LogP contribution in [0.15, 0.2) is 23.0 Å². The summed E-state index contributed by atoms with van der Waals surface area (Å²) in [4.78, 5) is 6.76. The summed E-state index contributed by atoms with van der Waals surface area (Å²) in [5.41, 5.74) is 1.17. The van der Waals surface area contributed by atoms with Crippen molar-refractivity contribution in [3.8, 4) is 0 Å². The number of oxazole rings is 1. The molecule has 1 aliphatic rings. The molecule has 0 saturated carbocycles. The monoisotopic (exact) mass is 318 g/mol. The SMILES string of the molecule is Cc1cnn(C[C@@H]2CN(Cc3ncc(C(C)(C)C)o3)CCO2)c1. The standard InChI is InChI=1S/C17H26N4O2/c1-13-7-19-21(9-13)11-14-10-20(5-6-22-14)12-16-18-8-15(23-16)17(2,3)4/h7-9,14H,5-6,10-12H2,1-4H3/t14-/m0/s1. The molecule has 2 aromatic heterocycles. The lowest BCUT2D eigenvalue weighted by atomic mass is 9.94. The molecule has 0 amide bonds. The third-order valence-corrected chi connectivity index (χ3v) is 4.03. The van der Waals surface area contributed by atoms with Crippen LogP contribution >= 0.6 is 0 Å². The number of hydrogen-bond donors (Lipinski definition) is 0. The van der Waals surface area contributed by atoms with E-state index >= 15 is 0 Å². The van der Waals surface area contributed by atoms with E-state index in [9.17, 15) is 0 Å². The molecular formula is C17H26N4O2. The summed E-state index contributed by atoms with van der Waals surface area (Å²) in [7, 11) is 0. The average molecular weight is 318 g/mol. The van der Waals surface area contributed by atoms with Gasteiger partial charge in [0.05, 0.1) is 38.2 Å². The van der Waals surface area contributed by atoms with Gasteiger partial charge >= 0.3 is 0 Å². The summed E-state index contributed by atoms with van der Waals surface area (Å²) in [5, 5.41) is 4.34. The average Bonchev–Trinajstić information content (AvgIpc) is 3.08. The zero-order valence-electron chi connectivity index (χ0n) is 14.5. The van der Waals surface area contributed by atoms with E-state index in [4.69, 9.17) is 9.15 Å². The van der Waals surface area contributed by atoms with Crippen LogP contribution in [0.2, 0.25) is 0 Å². The number of aromatic nitrogens is 3. The zero-order chi connectivity index (χ0) is 16.4. The van der Waals surface area contributed by atoms with Crippen LogP contribution in [0.4, 0.5) is 0 Å². The quantitative estimate of drug-likeness (QED) is 0.866. The third kappa shape index (κ3) is 4.20. The smallest absolute Gasteiger partial charge is 0.208 e. The molecule has 3 rings (SSSR count). The van der Waals surface area contributed by atoms with Crippen molar-refractivity contribution in [1.82, 2.24) is 19.7 Å². The predicted molar refractivity (Wildman–Crippen MR) is 87.2 cm³/mol. The van der Waals surface area contributed by atoms with Gasteiger partial charge in [-0.2, -0.15) is 5.10 Å². The number of rotatable bonds is 4. The Morgan fingerprint density at radius 2 is 2.13 bits per heavy atom. The topological polar surface area (TPSA) is 56.3 Å². The first-order chi connectivity index (χ1) is 10.9. The zero-order valence-corrected chi connectivity index (χ0v) is 14.5. The molecule has 3 heterocycles. The van der Waals surface area contributed by atoms with Gasteiger partial charge in [0.2, 0.25) is 5.89 Å². The molecule has 0 bridgehead atoms. The number of nitrogens with zero attached hydrogens (tertiary/aromatic N) is 4. The van der Waals surface area contributed by atoms with E-state index in [2.05, 4.69) is 35.8 Å². The van der Waals surface area contributed by atoms with Crippen LogP contribution in [0.5, 0.6) is 0 Å². The Morgan fingerprint density at radius 3 is 2.78 bits per heavy atom. The van der Waals surface area contributed by atoms with Gasteiger partial charge < -0.3 is 9.15 Å². The molecule has 1 atom stereocenters. The Labute approximate surface area is 137 Å². The van der Waals surface area contributed by atoms with E-state index < -0.39 is 0 Å². The van der Waals surface area contributed by atoms with Gasteiger partial charge in [-0.25, -0.2) is 4.98 Å². The van der Waals surface area contributed by atoms with Gasteiger partial charge in [0.1, 0.15) is 5.76 Å². The van der Waals surface area contributed by atoms with E-state index in [0.29, 0.717) is 0 Å². The third-order valence-electron chi connectivity index (χ3n) is 4.03. The molecule has 1 fully saturated rings. The molecule has 0 radical (unpaired) electrons. The Balaban J connectivity index is 1.57. The van der Waals surface area contributed by atoms with Crippen LogP contribution < -0.4 is 0 Å². The van der Waals surface area contributed by atoms with Gasteiger partial charge in [0, 0.05) is 24.7 Å². The second-order valence-electron chi connectivity index (χ2n) is 7.34. The summed E-state index contributed by atoms with van der Waals surface area (Å²) >= 11 is 0. The molecule has 1 saturated heterocycles. The van der Waals surface area contributed by atoms with Crippen molar-refractivity contribution in [2.75, 3.05) is 19.7 Å². The van der Waals surface area contributed by atoms with Crippen molar-refractivity contribution in [1.29, 1.82) is 0 Å². The van der Waals surface area contributed by atoms with Crippen LogP contribution in [-0.4, -0.2) is 45.5 Å². The van der Waals surface area contributed by atoms with E-state index in [1.807, 2.05) is 30.2 Å². The Bertz CT molecular complexity index is 641. The van der Waals surface area contributed by atoms with E-state index in [1.165, 1.54) is 5.56 Å². The molecule has 1 aliphatic heterocycles. The highest BCUT2D eigenvalue weighted by Crippen LogP contribution is 2.23. The first-order valence-corrected chi connectivity index (χ1v) is 8.18. The Kier molecular flexibility index (Phi) is 4.55. The molecule has 0 aliphatic carbocycles. The molecule has 23 heavy (non-hydrogen) atoms. The minimum Gasteiger partial charge on any atom is -0.444 e. The second kappa shape index (κ2) is 6.45. The van der Waals surface area contributed by atoms with Crippen molar-refractivity contribution in [2.24, 2.45) is 0 Å². The molecule has 0 aromatic carbocycles. The number of ether oxygens (including phenoxy) is 1. The normalized spacial score (nSPS) is 20.1. The highest BCUT2D eigenvalue weighted by atomic mass is 16.5. The molecule has 0 N–H and O–H groups in total. The Morgan fingerprint density at radius 1 is 1.30 bits per heavy atom. The second-order valence-corrected chi connectivity index (χ2v) is 7.34. The molecule has 0 spiro atoms. The van der Waals surface area contributed by atoms with E-state index in [-0.39, 0.29) is 11.5 Å². The lowest BCUT2D eigenvalue weighted by Crippen LogP contribution is -2.43. The fourth-order valence-corrected chi connectivity index (χ4v) is 2.73. The van der Waals surface area contributed by atoms with Crippen LogP contribution in [0.25, 0.3) is 0 Å². The largest absolute Gasteiger partial charge is 0.444 e. The van der Waals surface area contributed by atoms with Crippen molar-refractivity contribution in [3.05, 3.63) is 35.8 Å². The fourth-order valence-electron chi connectivity index (χ4n) is 2.73. The van der Waals surface area contributed by atoms with Gasteiger partial charge in [-0.1, -0.05) is 20.8 Å². The van der Waals surface area contributed by atoms with Crippen molar-refractivity contribution >= 4 is 0 Å². The highest BCUT2D eigenvalue weighted by Gasteiger charge is 2.24. The maximum atomic E-state index is 5.90. The summed E-state index contributed by atoms with van der Waals surface area (Å²) < 4.78 is 13.7. The van der Waals surface area contributed by atoms with Gasteiger partial charge in [-0.3, -0.25) is 9.58 Å². The van der Waals surface area contributed by atoms with Crippen LogP contribution in [-0.2, 0) is 23.2 Å². The van der Waals surface area contributed by atoms with Gasteiger partial charge in [-0.15, -0.1) is 0 Å². The maximum absolute atomic E-state index is 5.90. The Hall–Kier alpha value is -1.66. The minimum atomic E-state index is -0.00323. The lowest BCUT2D eigenvalue weighted by molar-refractivity contribution is -0.0423. The number of morpholine rings is 1. The van der Waals surface area contributed by atoms with Crippen LogP contribution in [0.1, 0.15) is 38.0 Å². The van der Waals surface area contributed by atoms with Crippen LogP contribution in [0, 0.1) is 6.92 Å². The lowest BCUT2D eigenvalue weighted by Gasteiger charge is -2.32. The first kappa shape index (κ1) is 16.2. The highest BCUT2D eigenvalue weighted by molar-refractivity contribution is 5.06. The number of aryl methyl sites for hydroxylation is 1. The van der Waals surface area contributed by atoms with Gasteiger partial charge in [0.25, 0.3) is 0 Å². The van der Waals surface area contributed by atoms with Gasteiger partial charge in [0.15, 0.2) is 0 Å². The van der Waals surface area contributed by atoms with Crippen LogP contribution in [0.3, 0.4) is 0 Å². The minimum absolute atomic E-state index is 0.00323. The van der Waals surface area contributed by atoms with E-state index in [0.717, 1.165) is 44.4 Å². The van der Waals surface area contributed by atoms with Crippen molar-refractivity contribution in [3.63, 3.8) is 0 Å². The molecule has 0 unspecified atom stereocenters. The fraction of sp³-hybridized carbons (Fsp3) is 0.647. The van der Waals surface area contributed by atoms with E-state index in [1.54, 1.807) is 0 Å². The molecule has 126 valence electrons. The molecule has 6 heteroatoms. The predicted octanol–water partition coefficient (Wildman–Crippen LogP) is 2.38. The first-order valence-electron chi connectivity index (χ1n) is 8.18. The van der Waals surface area contributed by atoms with Gasteiger partial charge in [-0.05, 0) is 12.5 Å². The summed E-state index contributed by atoms with van der Waals surface area (Å²) in [6.07, 6.45) is 5.92. The summed E-state index contributed by atoms with van der Waals surface area (Å²) in [5.74, 6) is 1.72. The number of hydrogen-bond acceptors (Lipinski definition) is 5. The van der Waals surface area contributed by atoms with Crippen molar-refractivity contribution in [2.45, 2.75) is 52.3 Å². The summed E-state index contributed by atoms with van der Waals surface area (Å²) in [6.45, 7) is 12.5. The maximum Gasteiger partial charge on any atom is 0.208 e. The molecule has 2 aromatic rings. The molecular weight excluding hydrogens is 292 g/mol. The van der Waals surface area contributed by atoms with Crippen molar-refractivity contribution < 1.29 is 9.15 Å². The molecule has 6 nitrogen and oxygen atoms in total. The summed E-state index contributed by atoms with van der Waals surface area (Å²) in [6, 6.07) is 0.